The maximum Gasteiger partial charge on any atom is 0.347 e. The van der Waals surface area contributed by atoms with Crippen LogP contribution in [-0.4, -0.2) is 22.7 Å². The number of aromatic carboxylic acids is 1. The quantitative estimate of drug-likeness (QED) is 0.810. The van der Waals surface area contributed by atoms with Gasteiger partial charge in [-0.25, -0.2) is 9.78 Å². The molecule has 21 heavy (non-hydrogen) atoms. The lowest BCUT2D eigenvalue weighted by molar-refractivity contribution is 0.0700. The zero-order valence-electron chi connectivity index (χ0n) is 12.0. The number of hydrogen-bond acceptors (Lipinski definition) is 5. The topological polar surface area (TPSA) is 71.5 Å². The summed E-state index contributed by atoms with van der Waals surface area (Å²) in [4.78, 5) is 15.9. The number of anilines is 2. The Bertz CT molecular complexity index is 608. The molecular weight excluding hydrogens is 288 g/mol. The fourth-order valence-electron chi connectivity index (χ4n) is 1.90. The van der Waals surface area contributed by atoms with E-state index in [9.17, 15) is 9.90 Å². The van der Waals surface area contributed by atoms with Gasteiger partial charge in [0, 0.05) is 5.69 Å². The average molecular weight is 306 g/mol. The molecule has 0 bridgehead atoms. The second-order valence-corrected chi connectivity index (χ2v) is 5.43. The first-order valence-electron chi connectivity index (χ1n) is 6.87. The Balaban J connectivity index is 2.15. The molecule has 0 amide bonds. The molecule has 0 fully saturated rings. The van der Waals surface area contributed by atoms with E-state index in [1.807, 2.05) is 38.1 Å². The minimum absolute atomic E-state index is 0.310. The Morgan fingerprint density at radius 3 is 2.62 bits per heavy atom. The highest BCUT2D eigenvalue weighted by Crippen LogP contribution is 2.27. The van der Waals surface area contributed by atoms with Crippen LogP contribution < -0.4 is 10.1 Å². The summed E-state index contributed by atoms with van der Waals surface area (Å²) < 4.78 is 5.38. The van der Waals surface area contributed by atoms with E-state index < -0.39 is 5.97 Å². The van der Waals surface area contributed by atoms with E-state index in [0.29, 0.717) is 28.7 Å². The van der Waals surface area contributed by atoms with Crippen LogP contribution in [0.15, 0.2) is 24.3 Å². The second kappa shape index (κ2) is 7.08. The normalized spacial score (nSPS) is 10.4. The standard InChI is InChI=1S/C15H18N2O3S/c1-3-5-12-13(14(18)19)21-15(17-12)16-10-6-8-11(9-7-10)20-4-2/h6-9H,3-5H2,1-2H3,(H,16,17)(H,18,19). The number of rotatable bonds is 7. The summed E-state index contributed by atoms with van der Waals surface area (Å²) in [5.74, 6) is -0.115. The van der Waals surface area contributed by atoms with Crippen LogP contribution in [0.2, 0.25) is 0 Å². The van der Waals surface area contributed by atoms with Crippen LogP contribution in [0.5, 0.6) is 5.75 Å². The van der Waals surface area contributed by atoms with Crippen molar-refractivity contribution in [2.75, 3.05) is 11.9 Å². The van der Waals surface area contributed by atoms with Crippen molar-refractivity contribution in [1.82, 2.24) is 4.98 Å². The molecule has 0 aliphatic rings. The molecule has 112 valence electrons. The monoisotopic (exact) mass is 306 g/mol. The maximum absolute atomic E-state index is 11.2. The van der Waals surface area contributed by atoms with Crippen molar-refractivity contribution in [3.05, 3.63) is 34.8 Å². The van der Waals surface area contributed by atoms with Gasteiger partial charge in [-0.2, -0.15) is 0 Å². The van der Waals surface area contributed by atoms with Gasteiger partial charge in [0.25, 0.3) is 0 Å². The van der Waals surface area contributed by atoms with Gasteiger partial charge >= 0.3 is 5.97 Å². The SMILES string of the molecule is CCCc1nc(Nc2ccc(OCC)cc2)sc1C(=O)O. The number of aryl methyl sites for hydroxylation is 1. The van der Waals surface area contributed by atoms with Crippen molar-refractivity contribution < 1.29 is 14.6 Å². The molecule has 1 aromatic carbocycles. The van der Waals surface area contributed by atoms with Crippen LogP contribution in [0.1, 0.15) is 35.6 Å². The summed E-state index contributed by atoms with van der Waals surface area (Å²) in [6.45, 7) is 4.57. The van der Waals surface area contributed by atoms with Crippen LogP contribution in [0, 0.1) is 0 Å². The fraction of sp³-hybridized carbons (Fsp3) is 0.333. The number of hydrogen-bond donors (Lipinski definition) is 2. The zero-order chi connectivity index (χ0) is 15.2. The van der Waals surface area contributed by atoms with Gasteiger partial charge in [-0.1, -0.05) is 24.7 Å². The molecule has 0 spiro atoms. The molecule has 0 saturated carbocycles. The smallest absolute Gasteiger partial charge is 0.347 e. The Morgan fingerprint density at radius 1 is 1.33 bits per heavy atom. The maximum atomic E-state index is 11.2. The highest BCUT2D eigenvalue weighted by atomic mass is 32.1. The van der Waals surface area contributed by atoms with Crippen LogP contribution in [-0.2, 0) is 6.42 Å². The first-order chi connectivity index (χ1) is 10.1. The lowest BCUT2D eigenvalue weighted by Crippen LogP contribution is -1.98. The van der Waals surface area contributed by atoms with Crippen LogP contribution in [0.4, 0.5) is 10.8 Å². The number of thiazole rings is 1. The van der Waals surface area contributed by atoms with Crippen LogP contribution >= 0.6 is 11.3 Å². The molecule has 2 aromatic rings. The van der Waals surface area contributed by atoms with E-state index in [2.05, 4.69) is 10.3 Å². The van der Waals surface area contributed by atoms with Crippen molar-refractivity contribution in [1.29, 1.82) is 0 Å². The first kappa shape index (κ1) is 15.3. The molecule has 0 saturated heterocycles. The van der Waals surface area contributed by atoms with Crippen LogP contribution in [0.25, 0.3) is 0 Å². The van der Waals surface area contributed by atoms with Gasteiger partial charge in [-0.15, -0.1) is 0 Å². The predicted molar refractivity (Wildman–Crippen MR) is 84.0 cm³/mol. The van der Waals surface area contributed by atoms with E-state index in [4.69, 9.17) is 4.74 Å². The third-order valence-electron chi connectivity index (χ3n) is 2.79. The molecule has 6 heteroatoms. The van der Waals surface area contributed by atoms with E-state index in [-0.39, 0.29) is 0 Å². The minimum atomic E-state index is -0.921. The number of ether oxygens (including phenoxy) is 1. The van der Waals surface area contributed by atoms with Crippen molar-refractivity contribution in [3.8, 4) is 5.75 Å². The number of carbonyl (C=O) groups is 1. The summed E-state index contributed by atoms with van der Waals surface area (Å²) in [5.41, 5.74) is 1.50. The van der Waals surface area contributed by atoms with Gasteiger partial charge in [0.05, 0.1) is 12.3 Å². The summed E-state index contributed by atoms with van der Waals surface area (Å²) in [7, 11) is 0. The van der Waals surface area contributed by atoms with E-state index in [1.54, 1.807) is 0 Å². The predicted octanol–water partition coefficient (Wildman–Crippen LogP) is 3.94. The van der Waals surface area contributed by atoms with E-state index >= 15 is 0 Å². The lowest BCUT2D eigenvalue weighted by atomic mass is 10.2. The van der Waals surface area contributed by atoms with Crippen LogP contribution in [0.3, 0.4) is 0 Å². The third-order valence-corrected chi connectivity index (χ3v) is 3.80. The largest absolute Gasteiger partial charge is 0.494 e. The molecule has 0 atom stereocenters. The molecule has 2 N–H and O–H groups in total. The number of carboxylic acids is 1. The van der Waals surface area contributed by atoms with E-state index in [0.717, 1.165) is 29.2 Å². The summed E-state index contributed by atoms with van der Waals surface area (Å²) in [6, 6.07) is 7.49. The molecule has 0 unspecified atom stereocenters. The molecule has 0 aliphatic carbocycles. The molecular formula is C15H18N2O3S. The highest BCUT2D eigenvalue weighted by Gasteiger charge is 2.16. The first-order valence-corrected chi connectivity index (χ1v) is 7.68. The Labute approximate surface area is 127 Å². The number of nitrogens with zero attached hydrogens (tertiary/aromatic N) is 1. The van der Waals surface area contributed by atoms with Crippen molar-refractivity contribution >= 4 is 28.1 Å². The number of nitrogens with one attached hydrogen (secondary N) is 1. The number of aromatic nitrogens is 1. The Hall–Kier alpha value is -2.08. The van der Waals surface area contributed by atoms with Gasteiger partial charge in [0.15, 0.2) is 5.13 Å². The average Bonchev–Trinajstić information content (AvgIpc) is 2.85. The molecule has 5 nitrogen and oxygen atoms in total. The van der Waals surface area contributed by atoms with Crippen molar-refractivity contribution in [2.45, 2.75) is 26.7 Å². The van der Waals surface area contributed by atoms with Gasteiger partial charge in [-0.05, 0) is 37.6 Å². The molecule has 1 aromatic heterocycles. The lowest BCUT2D eigenvalue weighted by Gasteiger charge is -2.05. The van der Waals surface area contributed by atoms with Crippen molar-refractivity contribution in [3.63, 3.8) is 0 Å². The highest BCUT2D eigenvalue weighted by molar-refractivity contribution is 7.17. The van der Waals surface area contributed by atoms with E-state index in [1.165, 1.54) is 0 Å². The Kier molecular flexibility index (Phi) is 5.16. The molecule has 0 radical (unpaired) electrons. The molecule has 1 heterocycles. The van der Waals surface area contributed by atoms with Gasteiger partial charge in [0.1, 0.15) is 10.6 Å². The summed E-state index contributed by atoms with van der Waals surface area (Å²) >= 11 is 1.16. The molecule has 2 rings (SSSR count). The second-order valence-electron chi connectivity index (χ2n) is 4.43. The Morgan fingerprint density at radius 2 is 2.05 bits per heavy atom. The number of benzene rings is 1. The van der Waals surface area contributed by atoms with Gasteiger partial charge < -0.3 is 15.2 Å². The fourth-order valence-corrected chi connectivity index (χ4v) is 2.77. The number of carboxylic acid groups (broad SMARTS) is 1. The third kappa shape index (κ3) is 3.95. The zero-order valence-corrected chi connectivity index (χ0v) is 12.9. The van der Waals surface area contributed by atoms with Crippen molar-refractivity contribution in [2.24, 2.45) is 0 Å². The summed E-state index contributed by atoms with van der Waals surface area (Å²) in [6.07, 6.45) is 1.54. The van der Waals surface area contributed by atoms with Gasteiger partial charge in [-0.3, -0.25) is 0 Å². The molecule has 0 aliphatic heterocycles. The van der Waals surface area contributed by atoms with Gasteiger partial charge in [0.2, 0.25) is 0 Å². The minimum Gasteiger partial charge on any atom is -0.494 e. The summed E-state index contributed by atoms with van der Waals surface area (Å²) in [5, 5.41) is 12.9.